The van der Waals surface area contributed by atoms with Gasteiger partial charge >= 0.3 is 0 Å². The number of H-pyrrole nitrogens is 1. The Balaban J connectivity index is 1.30. The molecule has 140 valence electrons. The molecule has 4 rings (SSSR count). The van der Waals surface area contributed by atoms with Crippen LogP contribution in [0.25, 0.3) is 10.9 Å². The van der Waals surface area contributed by atoms with Crippen LogP contribution in [0.1, 0.15) is 28.8 Å². The Labute approximate surface area is 156 Å². The van der Waals surface area contributed by atoms with Crippen molar-refractivity contribution < 1.29 is 10.0 Å². The maximum atomic E-state index is 11.3. The van der Waals surface area contributed by atoms with Crippen LogP contribution < -0.4 is 15.7 Å². The lowest BCUT2D eigenvalue weighted by molar-refractivity contribution is 0.0705. The van der Waals surface area contributed by atoms with Crippen LogP contribution in [0.4, 0.5) is 5.95 Å². The second kappa shape index (κ2) is 7.73. The van der Waals surface area contributed by atoms with Gasteiger partial charge in [-0.05, 0) is 24.5 Å². The summed E-state index contributed by atoms with van der Waals surface area (Å²) in [5, 5.41) is 13.6. The molecule has 3 heterocycles. The molecule has 0 radical (unpaired) electrons. The van der Waals surface area contributed by atoms with E-state index in [-0.39, 0.29) is 5.56 Å². The van der Waals surface area contributed by atoms with Crippen molar-refractivity contribution in [1.82, 2.24) is 25.7 Å². The van der Waals surface area contributed by atoms with E-state index in [0.29, 0.717) is 12.0 Å². The molecule has 8 heteroatoms. The molecule has 1 fully saturated rings. The molecule has 1 saturated heterocycles. The lowest BCUT2D eigenvalue weighted by Gasteiger charge is -2.32. The van der Waals surface area contributed by atoms with E-state index in [0.717, 1.165) is 32.5 Å². The predicted molar refractivity (Wildman–Crippen MR) is 102 cm³/mol. The number of hydroxylamine groups is 1. The Kier molecular flexibility index (Phi) is 4.99. The largest absolute Gasteiger partial charge is 0.361 e. The molecule has 0 saturated carbocycles. The number of piperidine rings is 1. The molecular formula is C19H22N6O2. The molecular weight excluding hydrogens is 344 g/mol. The van der Waals surface area contributed by atoms with E-state index in [9.17, 15) is 4.79 Å². The number of nitrogens with zero attached hydrogens (tertiary/aromatic N) is 3. The number of aromatic amines is 1. The number of aromatic nitrogens is 3. The maximum absolute atomic E-state index is 11.3. The predicted octanol–water partition coefficient (Wildman–Crippen LogP) is 1.84. The van der Waals surface area contributed by atoms with Crippen LogP contribution in [0, 0.1) is 0 Å². The topological polar surface area (TPSA) is 106 Å². The summed E-state index contributed by atoms with van der Waals surface area (Å²) in [6.45, 7) is 2.56. The highest BCUT2D eigenvalue weighted by Gasteiger charge is 2.21. The summed E-state index contributed by atoms with van der Waals surface area (Å²) < 4.78 is 0. The highest BCUT2D eigenvalue weighted by molar-refractivity contribution is 5.92. The van der Waals surface area contributed by atoms with Crippen molar-refractivity contribution in [2.24, 2.45) is 0 Å². The number of carbonyl (C=O) groups excluding carboxylic acids is 1. The van der Waals surface area contributed by atoms with Gasteiger partial charge < -0.3 is 15.2 Å². The van der Waals surface area contributed by atoms with Crippen molar-refractivity contribution >= 4 is 22.8 Å². The van der Waals surface area contributed by atoms with Crippen molar-refractivity contribution in [1.29, 1.82) is 0 Å². The highest BCUT2D eigenvalue weighted by atomic mass is 16.5. The summed E-state index contributed by atoms with van der Waals surface area (Å²) in [6.07, 6.45) is 6.93. The first-order valence-corrected chi connectivity index (χ1v) is 9.04. The Morgan fingerprint density at radius 3 is 2.70 bits per heavy atom. The second-order valence-electron chi connectivity index (χ2n) is 6.71. The number of para-hydroxylation sites is 1. The molecule has 0 bridgehead atoms. The monoisotopic (exact) mass is 366 g/mol. The van der Waals surface area contributed by atoms with Crippen LogP contribution in [0.15, 0.2) is 42.9 Å². The molecule has 0 unspecified atom stereocenters. The fraction of sp³-hybridized carbons (Fsp3) is 0.316. The number of hydrogen-bond donors (Lipinski definition) is 4. The third kappa shape index (κ3) is 3.76. The van der Waals surface area contributed by atoms with Gasteiger partial charge in [0.25, 0.3) is 5.91 Å². The van der Waals surface area contributed by atoms with Crippen LogP contribution >= 0.6 is 0 Å². The van der Waals surface area contributed by atoms with Gasteiger partial charge in [-0.1, -0.05) is 18.2 Å². The van der Waals surface area contributed by atoms with E-state index in [2.05, 4.69) is 49.6 Å². The van der Waals surface area contributed by atoms with Crippen molar-refractivity contribution in [2.75, 3.05) is 18.0 Å². The van der Waals surface area contributed by atoms with Crippen molar-refractivity contribution in [3.05, 3.63) is 54.0 Å². The first kappa shape index (κ1) is 17.4. The number of rotatable bonds is 5. The fourth-order valence-electron chi connectivity index (χ4n) is 3.48. The Morgan fingerprint density at radius 1 is 1.22 bits per heavy atom. The first-order valence-electron chi connectivity index (χ1n) is 9.04. The van der Waals surface area contributed by atoms with Gasteiger partial charge in [-0.25, -0.2) is 15.4 Å². The summed E-state index contributed by atoms with van der Waals surface area (Å²) >= 11 is 0. The van der Waals surface area contributed by atoms with E-state index in [1.165, 1.54) is 28.9 Å². The molecule has 1 aromatic carbocycles. The number of benzene rings is 1. The van der Waals surface area contributed by atoms with E-state index in [1.807, 2.05) is 6.07 Å². The van der Waals surface area contributed by atoms with Crippen LogP contribution in [-0.4, -0.2) is 45.2 Å². The van der Waals surface area contributed by atoms with E-state index >= 15 is 0 Å². The smallest absolute Gasteiger partial charge is 0.277 e. The number of nitrogens with one attached hydrogen (secondary N) is 3. The Bertz CT molecular complexity index is 915. The van der Waals surface area contributed by atoms with Crippen LogP contribution in [0.2, 0.25) is 0 Å². The SMILES string of the molecule is O=C(NO)c1cnc(N2CCC(NCc3c[nH]c4ccccc34)CC2)nc1. The Hall–Kier alpha value is -2.97. The third-order valence-electron chi connectivity index (χ3n) is 5.04. The van der Waals surface area contributed by atoms with E-state index in [4.69, 9.17) is 5.21 Å². The molecule has 1 aliphatic heterocycles. The molecule has 2 aromatic heterocycles. The number of amides is 1. The van der Waals surface area contributed by atoms with E-state index in [1.54, 1.807) is 5.48 Å². The van der Waals surface area contributed by atoms with Gasteiger partial charge in [0.05, 0.1) is 5.56 Å². The average Bonchev–Trinajstić information content (AvgIpc) is 3.15. The maximum Gasteiger partial charge on any atom is 0.277 e. The minimum absolute atomic E-state index is 0.233. The highest BCUT2D eigenvalue weighted by Crippen LogP contribution is 2.19. The number of anilines is 1. The molecule has 0 atom stereocenters. The van der Waals surface area contributed by atoms with Gasteiger partial charge in [0.1, 0.15) is 0 Å². The molecule has 1 amide bonds. The van der Waals surface area contributed by atoms with Gasteiger partial charge in [0.2, 0.25) is 5.95 Å². The Morgan fingerprint density at radius 2 is 1.96 bits per heavy atom. The lowest BCUT2D eigenvalue weighted by atomic mass is 10.0. The van der Waals surface area contributed by atoms with E-state index < -0.39 is 5.91 Å². The molecule has 0 spiro atoms. The van der Waals surface area contributed by atoms with Gasteiger partial charge in [-0.3, -0.25) is 10.0 Å². The molecule has 1 aliphatic rings. The third-order valence-corrected chi connectivity index (χ3v) is 5.04. The first-order chi connectivity index (χ1) is 13.2. The molecule has 3 aromatic rings. The molecule has 4 N–H and O–H groups in total. The number of carbonyl (C=O) groups is 1. The standard InChI is InChI=1S/C19H22N6O2/c26-18(24-27)14-11-22-19(23-12-14)25-7-5-15(6-8-25)20-9-13-10-21-17-4-2-1-3-16(13)17/h1-4,10-12,15,20-21,27H,5-9H2,(H,24,26). The minimum Gasteiger partial charge on any atom is -0.361 e. The number of fused-ring (bicyclic) bond motifs is 1. The molecule has 0 aliphatic carbocycles. The van der Waals surface area contributed by atoms with Crippen molar-refractivity contribution in [2.45, 2.75) is 25.4 Å². The summed E-state index contributed by atoms with van der Waals surface area (Å²) in [7, 11) is 0. The lowest BCUT2D eigenvalue weighted by Crippen LogP contribution is -2.42. The van der Waals surface area contributed by atoms with Crippen LogP contribution in [0.3, 0.4) is 0 Å². The average molecular weight is 366 g/mol. The van der Waals surface area contributed by atoms with Gasteiger partial charge in [-0.15, -0.1) is 0 Å². The molecule has 8 nitrogen and oxygen atoms in total. The van der Waals surface area contributed by atoms with Crippen molar-refractivity contribution in [3.63, 3.8) is 0 Å². The summed E-state index contributed by atoms with van der Waals surface area (Å²) in [6, 6.07) is 8.79. The van der Waals surface area contributed by atoms with Crippen LogP contribution in [0.5, 0.6) is 0 Å². The van der Waals surface area contributed by atoms with Gasteiger partial charge in [0.15, 0.2) is 0 Å². The van der Waals surface area contributed by atoms with Gasteiger partial charge in [-0.2, -0.15) is 0 Å². The van der Waals surface area contributed by atoms with Crippen LogP contribution in [-0.2, 0) is 6.54 Å². The zero-order chi connectivity index (χ0) is 18.6. The zero-order valence-electron chi connectivity index (χ0n) is 14.9. The number of hydrogen-bond acceptors (Lipinski definition) is 6. The summed E-state index contributed by atoms with van der Waals surface area (Å²) in [5.41, 5.74) is 4.27. The quantitative estimate of drug-likeness (QED) is 0.406. The van der Waals surface area contributed by atoms with Gasteiger partial charge in [0, 0.05) is 55.2 Å². The minimum atomic E-state index is -0.610. The van der Waals surface area contributed by atoms with Crippen molar-refractivity contribution in [3.8, 4) is 0 Å². The summed E-state index contributed by atoms with van der Waals surface area (Å²) in [4.78, 5) is 25.2. The normalized spacial score (nSPS) is 15.2. The summed E-state index contributed by atoms with van der Waals surface area (Å²) in [5.74, 6) is 0.00121. The fourth-order valence-corrected chi connectivity index (χ4v) is 3.48. The second-order valence-corrected chi connectivity index (χ2v) is 6.71. The molecule has 27 heavy (non-hydrogen) atoms. The zero-order valence-corrected chi connectivity index (χ0v) is 14.9.